The van der Waals surface area contributed by atoms with Crippen LogP contribution in [0.5, 0.6) is 0 Å². The number of hydrogen-bond donors (Lipinski definition) is 4. The number of nitrogens with one attached hydrogen (secondary N) is 2. The van der Waals surface area contributed by atoms with Gasteiger partial charge in [0.25, 0.3) is 0 Å². The fraction of sp³-hybridized carbons (Fsp3) is 0.900. The van der Waals surface area contributed by atoms with Gasteiger partial charge in [0.1, 0.15) is 0 Å². The summed E-state index contributed by atoms with van der Waals surface area (Å²) < 4.78 is 4.93. The molecule has 0 aliphatic heterocycles. The van der Waals surface area contributed by atoms with Crippen LogP contribution in [0, 0.1) is 17.3 Å². The Hall–Kier alpha value is -1.18. The number of carboxylic acids is 1. The molecule has 0 aromatic heterocycles. The molecule has 1 aliphatic rings. The highest BCUT2D eigenvalue weighted by Crippen LogP contribution is 2.30. The van der Waals surface area contributed by atoms with Crippen molar-refractivity contribution in [2.75, 3.05) is 26.8 Å². The van der Waals surface area contributed by atoms with Gasteiger partial charge >= 0.3 is 5.97 Å². The molecule has 4 N–H and O–H groups in total. The van der Waals surface area contributed by atoms with Gasteiger partial charge in [-0.05, 0) is 51.9 Å². The van der Waals surface area contributed by atoms with Crippen molar-refractivity contribution in [2.45, 2.75) is 71.4 Å². The predicted octanol–water partition coefficient (Wildman–Crippen LogP) is 1.79. The molecular weight excluding hydrogens is 348 g/mol. The van der Waals surface area contributed by atoms with Gasteiger partial charge in [0.15, 0.2) is 0 Å². The Morgan fingerprint density at radius 2 is 1.74 bits per heavy atom. The van der Waals surface area contributed by atoms with Gasteiger partial charge < -0.3 is 25.6 Å². The van der Waals surface area contributed by atoms with Gasteiger partial charge in [0, 0.05) is 31.2 Å². The van der Waals surface area contributed by atoms with E-state index < -0.39 is 17.5 Å². The Labute approximate surface area is 163 Å². The summed E-state index contributed by atoms with van der Waals surface area (Å²) in [6, 6.07) is 0. The Morgan fingerprint density at radius 3 is 2.26 bits per heavy atom. The van der Waals surface area contributed by atoms with Crippen LogP contribution in [-0.2, 0) is 14.3 Å². The van der Waals surface area contributed by atoms with Crippen molar-refractivity contribution in [3.63, 3.8) is 0 Å². The molecular formula is C20H38N2O5. The molecule has 7 nitrogen and oxygen atoms in total. The molecule has 7 heteroatoms. The van der Waals surface area contributed by atoms with Crippen molar-refractivity contribution >= 4 is 11.9 Å². The SMILES string of the molecule is COCC(O)CNC(C)(C)CC(C)(C)C(=O)NC[C@H]1CC[C@H](C(=O)O)CC1. The first-order chi connectivity index (χ1) is 12.5. The van der Waals surface area contributed by atoms with E-state index in [-0.39, 0.29) is 24.0 Å². The maximum atomic E-state index is 12.7. The molecule has 1 amide bonds. The van der Waals surface area contributed by atoms with Crippen LogP contribution in [0.4, 0.5) is 0 Å². The molecule has 1 unspecified atom stereocenters. The topological polar surface area (TPSA) is 108 Å². The number of carbonyl (C=O) groups is 2. The third-order valence-corrected chi connectivity index (χ3v) is 5.42. The molecule has 0 aromatic rings. The van der Waals surface area contributed by atoms with Crippen LogP contribution in [-0.4, -0.2) is 60.5 Å². The normalized spacial score (nSPS) is 22.3. The van der Waals surface area contributed by atoms with E-state index in [9.17, 15) is 14.7 Å². The van der Waals surface area contributed by atoms with Gasteiger partial charge in [-0.15, -0.1) is 0 Å². The van der Waals surface area contributed by atoms with Crippen LogP contribution in [0.2, 0.25) is 0 Å². The highest BCUT2D eigenvalue weighted by molar-refractivity contribution is 5.81. The molecule has 158 valence electrons. The number of aliphatic carboxylic acids is 1. The molecule has 1 rings (SSSR count). The second-order valence-corrected chi connectivity index (χ2v) is 9.20. The lowest BCUT2D eigenvalue weighted by atomic mass is 9.78. The lowest BCUT2D eigenvalue weighted by Crippen LogP contribution is -2.50. The van der Waals surface area contributed by atoms with Crippen LogP contribution in [0.3, 0.4) is 0 Å². The van der Waals surface area contributed by atoms with Crippen molar-refractivity contribution < 1.29 is 24.5 Å². The smallest absolute Gasteiger partial charge is 0.306 e. The number of aliphatic hydroxyl groups excluding tert-OH is 1. The Bertz CT molecular complexity index is 485. The summed E-state index contributed by atoms with van der Waals surface area (Å²) in [6.07, 6.45) is 3.13. The number of rotatable bonds is 11. The summed E-state index contributed by atoms with van der Waals surface area (Å²) in [7, 11) is 1.55. The fourth-order valence-electron chi connectivity index (χ4n) is 3.98. The fourth-order valence-corrected chi connectivity index (χ4v) is 3.98. The number of aliphatic hydroxyl groups is 1. The Morgan fingerprint density at radius 1 is 1.15 bits per heavy atom. The second-order valence-electron chi connectivity index (χ2n) is 9.20. The summed E-state index contributed by atoms with van der Waals surface area (Å²) in [5, 5.41) is 25.2. The summed E-state index contributed by atoms with van der Waals surface area (Å²) in [5.41, 5.74) is -0.865. The summed E-state index contributed by atoms with van der Waals surface area (Å²) in [5.74, 6) is -0.566. The monoisotopic (exact) mass is 386 g/mol. The molecule has 0 heterocycles. The van der Waals surface area contributed by atoms with Gasteiger partial charge in [-0.2, -0.15) is 0 Å². The molecule has 1 aliphatic carbocycles. The van der Waals surface area contributed by atoms with Crippen molar-refractivity contribution in [1.29, 1.82) is 0 Å². The third-order valence-electron chi connectivity index (χ3n) is 5.42. The highest BCUT2D eigenvalue weighted by atomic mass is 16.5. The van der Waals surface area contributed by atoms with Gasteiger partial charge in [-0.3, -0.25) is 9.59 Å². The van der Waals surface area contributed by atoms with E-state index in [1.54, 1.807) is 7.11 Å². The number of ether oxygens (including phenoxy) is 1. The first kappa shape index (κ1) is 23.9. The Balaban J connectivity index is 2.42. The number of hydrogen-bond acceptors (Lipinski definition) is 5. The largest absolute Gasteiger partial charge is 0.481 e. The van der Waals surface area contributed by atoms with E-state index in [2.05, 4.69) is 10.6 Å². The van der Waals surface area contributed by atoms with E-state index in [0.717, 1.165) is 12.8 Å². The molecule has 27 heavy (non-hydrogen) atoms. The minimum atomic E-state index is -0.705. The van der Waals surface area contributed by atoms with E-state index >= 15 is 0 Å². The van der Waals surface area contributed by atoms with E-state index in [4.69, 9.17) is 9.84 Å². The highest BCUT2D eigenvalue weighted by Gasteiger charge is 2.35. The van der Waals surface area contributed by atoms with Crippen molar-refractivity contribution in [2.24, 2.45) is 17.3 Å². The van der Waals surface area contributed by atoms with Gasteiger partial charge in [0.05, 0.1) is 18.6 Å². The van der Waals surface area contributed by atoms with Gasteiger partial charge in [-0.1, -0.05) is 13.8 Å². The number of carbonyl (C=O) groups excluding carboxylic acids is 1. The zero-order valence-corrected chi connectivity index (χ0v) is 17.5. The zero-order chi connectivity index (χ0) is 20.7. The van der Waals surface area contributed by atoms with Crippen LogP contribution in [0.1, 0.15) is 59.8 Å². The standard InChI is InChI=1S/C20H38N2O5/c1-19(2,13-20(3,4)22-11-16(23)12-27-5)18(26)21-10-14-6-8-15(9-7-14)17(24)25/h14-16,22-23H,6-13H2,1-5H3,(H,21,26)(H,24,25)/t14-,15-,16?. The minimum absolute atomic E-state index is 0.00942. The first-order valence-electron chi connectivity index (χ1n) is 9.90. The molecule has 0 saturated heterocycles. The lowest BCUT2D eigenvalue weighted by molar-refractivity contribution is -0.143. The maximum Gasteiger partial charge on any atom is 0.306 e. The zero-order valence-electron chi connectivity index (χ0n) is 17.5. The molecule has 0 aromatic carbocycles. The molecule has 1 saturated carbocycles. The van der Waals surface area contributed by atoms with Crippen LogP contribution in [0.25, 0.3) is 0 Å². The predicted molar refractivity (Wildman–Crippen MR) is 104 cm³/mol. The van der Waals surface area contributed by atoms with Crippen molar-refractivity contribution in [1.82, 2.24) is 10.6 Å². The van der Waals surface area contributed by atoms with E-state index in [1.807, 2.05) is 27.7 Å². The molecule has 0 spiro atoms. The van der Waals surface area contributed by atoms with E-state index in [0.29, 0.717) is 38.3 Å². The molecule has 0 radical (unpaired) electrons. The summed E-state index contributed by atoms with van der Waals surface area (Å²) >= 11 is 0. The molecule has 1 fully saturated rings. The van der Waals surface area contributed by atoms with Gasteiger partial charge in [0.2, 0.25) is 5.91 Å². The average Bonchev–Trinajstić information content (AvgIpc) is 2.57. The van der Waals surface area contributed by atoms with Crippen molar-refractivity contribution in [3.8, 4) is 0 Å². The van der Waals surface area contributed by atoms with Crippen molar-refractivity contribution in [3.05, 3.63) is 0 Å². The summed E-state index contributed by atoms with van der Waals surface area (Å²) in [6.45, 7) is 9.19. The average molecular weight is 387 g/mol. The Kier molecular flexibility index (Phi) is 9.18. The number of β-amino-alcohol motifs (C(OH)–C–C–N with tert-alkyl or cyclic N) is 1. The van der Waals surface area contributed by atoms with Crippen LogP contribution < -0.4 is 10.6 Å². The second kappa shape index (κ2) is 10.4. The number of carboxylic acid groups (broad SMARTS) is 1. The van der Waals surface area contributed by atoms with Crippen LogP contribution >= 0.6 is 0 Å². The number of methoxy groups -OCH3 is 1. The first-order valence-corrected chi connectivity index (χ1v) is 9.90. The molecule has 1 atom stereocenters. The minimum Gasteiger partial charge on any atom is -0.481 e. The summed E-state index contributed by atoms with van der Waals surface area (Å²) in [4.78, 5) is 23.7. The van der Waals surface area contributed by atoms with Gasteiger partial charge in [-0.25, -0.2) is 0 Å². The quantitative estimate of drug-likeness (QED) is 0.431. The van der Waals surface area contributed by atoms with Crippen LogP contribution in [0.15, 0.2) is 0 Å². The maximum absolute atomic E-state index is 12.7. The lowest BCUT2D eigenvalue weighted by Gasteiger charge is -2.36. The third kappa shape index (κ3) is 8.58. The number of amides is 1. The van der Waals surface area contributed by atoms with E-state index in [1.165, 1.54) is 0 Å². The molecule has 0 bridgehead atoms.